The number of halogens is 3. The molecule has 0 aliphatic carbocycles. The minimum absolute atomic E-state index is 0.318. The van der Waals surface area contributed by atoms with Gasteiger partial charge in [0.15, 0.2) is 0 Å². The van der Waals surface area contributed by atoms with E-state index in [2.05, 4.69) is 0 Å². The van der Waals surface area contributed by atoms with Gasteiger partial charge in [-0.05, 0) is 18.3 Å². The molecule has 1 aromatic rings. The van der Waals surface area contributed by atoms with Gasteiger partial charge in [-0.15, -0.1) is 0 Å². The van der Waals surface area contributed by atoms with Crippen LogP contribution in [0.5, 0.6) is 0 Å². The van der Waals surface area contributed by atoms with Gasteiger partial charge in [-0.3, -0.25) is 20.2 Å². The van der Waals surface area contributed by atoms with Gasteiger partial charge in [0.2, 0.25) is 0 Å². The Labute approximate surface area is 116 Å². The molecule has 0 aromatic heterocycles. The molecule has 1 rings (SSSR count). The summed E-state index contributed by atoms with van der Waals surface area (Å²) in [6, 6.07) is 0.717. The quantitative estimate of drug-likeness (QED) is 0.630. The van der Waals surface area contributed by atoms with Crippen molar-refractivity contribution in [2.24, 2.45) is 0 Å². The fourth-order valence-electron chi connectivity index (χ4n) is 1.49. The number of rotatable bonds is 4. The maximum absolute atomic E-state index is 12.8. The van der Waals surface area contributed by atoms with E-state index in [1.165, 1.54) is 11.1 Å². The lowest BCUT2D eigenvalue weighted by atomic mass is 10.1. The maximum atomic E-state index is 12.8. The molecule has 10 heteroatoms. The average molecular weight is 305 g/mol. The Morgan fingerprint density at radius 1 is 1.10 bits per heavy atom. The third-order valence-corrected chi connectivity index (χ3v) is 2.40. The van der Waals surface area contributed by atoms with E-state index in [9.17, 15) is 33.4 Å². The van der Waals surface area contributed by atoms with Crippen LogP contribution >= 0.6 is 0 Å². The van der Waals surface area contributed by atoms with E-state index in [-0.39, 0.29) is 5.56 Å². The zero-order valence-electron chi connectivity index (χ0n) is 10.9. The van der Waals surface area contributed by atoms with Crippen molar-refractivity contribution in [2.45, 2.75) is 6.18 Å². The molecule has 0 heterocycles. The number of nitro groups is 2. The van der Waals surface area contributed by atoms with Gasteiger partial charge in [0.25, 0.3) is 11.4 Å². The summed E-state index contributed by atoms with van der Waals surface area (Å²) in [5.41, 5.74) is -4.02. The van der Waals surface area contributed by atoms with Gasteiger partial charge >= 0.3 is 6.18 Å². The van der Waals surface area contributed by atoms with Crippen molar-refractivity contribution in [1.29, 1.82) is 0 Å². The van der Waals surface area contributed by atoms with Gasteiger partial charge in [-0.2, -0.15) is 13.2 Å². The van der Waals surface area contributed by atoms with Gasteiger partial charge in [0.1, 0.15) is 5.56 Å². The van der Waals surface area contributed by atoms with Crippen LogP contribution in [0.2, 0.25) is 0 Å². The second-order valence-electron chi connectivity index (χ2n) is 4.22. The van der Waals surface area contributed by atoms with Crippen LogP contribution in [0.1, 0.15) is 11.1 Å². The molecule has 0 saturated heterocycles. The lowest BCUT2D eigenvalue weighted by Gasteiger charge is -2.09. The van der Waals surface area contributed by atoms with Gasteiger partial charge < -0.3 is 4.90 Å². The molecule has 0 saturated carbocycles. The predicted octanol–water partition coefficient (Wildman–Crippen LogP) is 3.05. The molecule has 21 heavy (non-hydrogen) atoms. The summed E-state index contributed by atoms with van der Waals surface area (Å²) in [5.74, 6) is 0. The van der Waals surface area contributed by atoms with E-state index < -0.39 is 33.0 Å². The van der Waals surface area contributed by atoms with Crippen LogP contribution in [0.3, 0.4) is 0 Å². The van der Waals surface area contributed by atoms with Crippen molar-refractivity contribution in [2.75, 3.05) is 14.1 Å². The van der Waals surface area contributed by atoms with Gasteiger partial charge in [0, 0.05) is 14.1 Å². The van der Waals surface area contributed by atoms with E-state index in [4.69, 9.17) is 0 Å². The first-order valence-electron chi connectivity index (χ1n) is 5.42. The topological polar surface area (TPSA) is 89.5 Å². The van der Waals surface area contributed by atoms with Crippen LogP contribution in [-0.4, -0.2) is 28.8 Å². The predicted molar refractivity (Wildman–Crippen MR) is 67.5 cm³/mol. The van der Waals surface area contributed by atoms with E-state index in [0.29, 0.717) is 12.1 Å². The number of hydrogen-bond acceptors (Lipinski definition) is 5. The number of alkyl halides is 3. The van der Waals surface area contributed by atoms with Gasteiger partial charge in [0.05, 0.1) is 21.5 Å². The van der Waals surface area contributed by atoms with Crippen molar-refractivity contribution in [3.05, 3.63) is 49.7 Å². The molecule has 0 atom stereocenters. The van der Waals surface area contributed by atoms with Gasteiger partial charge in [-0.25, -0.2) is 0 Å². The monoisotopic (exact) mass is 305 g/mol. The van der Waals surface area contributed by atoms with E-state index in [0.717, 1.165) is 6.08 Å². The highest BCUT2D eigenvalue weighted by Crippen LogP contribution is 2.40. The SMILES string of the molecule is CN(C)/C=C/c1cc(C(F)(F)F)c([N+](=O)[O-])cc1[N+](=O)[O-]. The molecule has 0 aliphatic rings. The maximum Gasteiger partial charge on any atom is 0.423 e. The second-order valence-corrected chi connectivity index (χ2v) is 4.22. The highest BCUT2D eigenvalue weighted by atomic mass is 19.4. The Balaban J connectivity index is 3.63. The first kappa shape index (κ1) is 16.4. The Morgan fingerprint density at radius 2 is 1.62 bits per heavy atom. The Bertz CT molecular complexity index is 611. The summed E-state index contributed by atoms with van der Waals surface area (Å²) < 4.78 is 38.4. The lowest BCUT2D eigenvalue weighted by molar-refractivity contribution is -0.396. The third kappa shape index (κ3) is 3.91. The van der Waals surface area contributed by atoms with Crippen LogP contribution < -0.4 is 0 Å². The molecule has 0 bridgehead atoms. The molecule has 1 aromatic carbocycles. The fraction of sp³-hybridized carbons (Fsp3) is 0.273. The molecule has 114 valence electrons. The van der Waals surface area contributed by atoms with Crippen molar-refractivity contribution in [1.82, 2.24) is 4.90 Å². The van der Waals surface area contributed by atoms with E-state index in [1.54, 1.807) is 14.1 Å². The highest BCUT2D eigenvalue weighted by Gasteiger charge is 2.40. The first-order chi connectivity index (χ1) is 9.54. The molecule has 0 unspecified atom stereocenters. The van der Waals surface area contributed by atoms with Crippen LogP contribution in [0.25, 0.3) is 6.08 Å². The molecule has 0 spiro atoms. The third-order valence-electron chi connectivity index (χ3n) is 2.40. The summed E-state index contributed by atoms with van der Waals surface area (Å²) in [6.45, 7) is 0. The molecule has 7 nitrogen and oxygen atoms in total. The summed E-state index contributed by atoms with van der Waals surface area (Å²) in [4.78, 5) is 20.7. The zero-order chi connectivity index (χ0) is 16.4. The normalized spacial score (nSPS) is 11.7. The fourth-order valence-corrected chi connectivity index (χ4v) is 1.49. The van der Waals surface area contributed by atoms with Crippen LogP contribution in [-0.2, 0) is 6.18 Å². The van der Waals surface area contributed by atoms with Gasteiger partial charge in [-0.1, -0.05) is 0 Å². The molecular weight excluding hydrogens is 295 g/mol. The standard InChI is InChI=1S/C11H10F3N3O4/c1-15(2)4-3-7-5-8(11(12,13)14)10(17(20)21)6-9(7)16(18)19/h3-6H,1-2H3/b4-3+. The minimum atomic E-state index is -4.99. The van der Waals surface area contributed by atoms with E-state index in [1.807, 2.05) is 0 Å². The first-order valence-corrected chi connectivity index (χ1v) is 5.42. The Hall–Kier alpha value is -2.65. The molecule has 0 fully saturated rings. The van der Waals surface area contributed by atoms with E-state index >= 15 is 0 Å². The minimum Gasteiger partial charge on any atom is -0.383 e. The lowest BCUT2D eigenvalue weighted by Crippen LogP contribution is -2.10. The van der Waals surface area contributed by atoms with Crippen molar-refractivity contribution in [3.8, 4) is 0 Å². The van der Waals surface area contributed by atoms with Crippen molar-refractivity contribution in [3.63, 3.8) is 0 Å². The average Bonchev–Trinajstić information content (AvgIpc) is 2.33. The molecule has 0 radical (unpaired) electrons. The summed E-state index contributed by atoms with van der Waals surface area (Å²) >= 11 is 0. The zero-order valence-corrected chi connectivity index (χ0v) is 10.9. The Morgan fingerprint density at radius 3 is 2.00 bits per heavy atom. The largest absolute Gasteiger partial charge is 0.423 e. The van der Waals surface area contributed by atoms with Crippen molar-refractivity contribution < 1.29 is 23.0 Å². The molecule has 0 aliphatic heterocycles. The van der Waals surface area contributed by atoms with Crippen LogP contribution in [0, 0.1) is 20.2 Å². The second kappa shape index (κ2) is 5.77. The van der Waals surface area contributed by atoms with Crippen LogP contribution in [0.15, 0.2) is 18.3 Å². The molecular formula is C11H10F3N3O4. The Kier molecular flexibility index (Phi) is 4.51. The molecule has 0 amide bonds. The summed E-state index contributed by atoms with van der Waals surface area (Å²) in [5, 5.41) is 21.5. The number of benzene rings is 1. The summed E-state index contributed by atoms with van der Waals surface area (Å²) in [7, 11) is 3.14. The summed E-state index contributed by atoms with van der Waals surface area (Å²) in [6.07, 6.45) is -2.61. The number of nitrogens with zero attached hydrogens (tertiary/aromatic N) is 3. The van der Waals surface area contributed by atoms with Crippen LogP contribution in [0.4, 0.5) is 24.5 Å². The molecule has 0 N–H and O–H groups in total. The van der Waals surface area contributed by atoms with Crippen molar-refractivity contribution >= 4 is 17.5 Å². The number of nitro benzene ring substituents is 2. The number of hydrogen-bond donors (Lipinski definition) is 0. The smallest absolute Gasteiger partial charge is 0.383 e. The highest BCUT2D eigenvalue weighted by molar-refractivity contribution is 5.66.